The van der Waals surface area contributed by atoms with Crippen LogP contribution in [-0.2, 0) is 25.7 Å². The topological polar surface area (TPSA) is 105 Å². The van der Waals surface area contributed by atoms with Crippen LogP contribution in [0.5, 0.6) is 23.0 Å². The molecule has 100 heavy (non-hydrogen) atoms. The summed E-state index contributed by atoms with van der Waals surface area (Å²) in [5, 5.41) is 0. The van der Waals surface area contributed by atoms with Gasteiger partial charge < -0.3 is 18.9 Å². The molecule has 4 unspecified atom stereocenters. The number of hydrogen-bond acceptors (Lipinski definition) is 8. The van der Waals surface area contributed by atoms with Crippen LogP contribution >= 0.6 is 0 Å². The molecule has 0 aromatic heterocycles. The minimum absolute atomic E-state index is 0.258. The van der Waals surface area contributed by atoms with Gasteiger partial charge in [0.15, 0.2) is 0 Å². The number of fused-ring (bicyclic) bond motifs is 8. The Kier molecular flexibility index (Phi) is 21.0. The van der Waals surface area contributed by atoms with Gasteiger partial charge in [-0.15, -0.1) is 0 Å². The summed E-state index contributed by atoms with van der Waals surface area (Å²) in [6.07, 6.45) is 4.85. The molecule has 4 atom stereocenters. The first-order valence-corrected chi connectivity index (χ1v) is 34.7. The van der Waals surface area contributed by atoms with Crippen LogP contribution < -0.4 is 18.9 Å². The highest BCUT2D eigenvalue weighted by Gasteiger charge is 2.34. The van der Waals surface area contributed by atoms with Crippen molar-refractivity contribution in [1.82, 2.24) is 0 Å². The Morgan fingerprint density at radius 1 is 0.240 bits per heavy atom. The van der Waals surface area contributed by atoms with Crippen molar-refractivity contribution in [3.63, 3.8) is 0 Å². The maximum atomic E-state index is 15.0. The van der Waals surface area contributed by atoms with Gasteiger partial charge in [0.25, 0.3) is 0 Å². The van der Waals surface area contributed by atoms with Crippen LogP contribution in [0.2, 0.25) is 0 Å². The Hall–Kier alpha value is -11.5. The number of benzene rings is 12. The van der Waals surface area contributed by atoms with Crippen molar-refractivity contribution >= 4 is 23.9 Å². The molecule has 0 aliphatic heterocycles. The maximum Gasteiger partial charge on any atom is 0.343 e. The summed E-state index contributed by atoms with van der Waals surface area (Å²) in [6.45, 7) is 7.92. The molecule has 0 heterocycles. The smallest absolute Gasteiger partial charge is 0.343 e. The van der Waals surface area contributed by atoms with E-state index in [0.717, 1.165) is 89.0 Å². The van der Waals surface area contributed by atoms with Crippen molar-refractivity contribution in [3.05, 3.63) is 402 Å². The van der Waals surface area contributed by atoms with Gasteiger partial charge in [0.05, 0.1) is 22.3 Å². The Labute approximate surface area is 586 Å². The molecule has 0 fully saturated rings. The van der Waals surface area contributed by atoms with E-state index >= 15 is 0 Å². The lowest BCUT2D eigenvalue weighted by Gasteiger charge is -2.30. The molecule has 0 spiro atoms. The molecule has 496 valence electrons. The molecule has 13 rings (SSSR count). The summed E-state index contributed by atoms with van der Waals surface area (Å²) in [5.41, 5.74) is 16.7. The number of rotatable bonds is 20. The van der Waals surface area contributed by atoms with Gasteiger partial charge in [0, 0.05) is 58.1 Å². The summed E-state index contributed by atoms with van der Waals surface area (Å²) in [4.78, 5) is 60.0. The van der Waals surface area contributed by atoms with Gasteiger partial charge in [0.1, 0.15) is 23.0 Å². The standard InChI is InChI=1S/C92H80O8/c1-61-31-43-69(44-32-61)89(93)97-85-59-86(98-90(94)70-45-33-62(2)34-46-70)82-57-81(85)77(51-39-65-19-9-5-10-20-65)73-27-17-28-74(55-73)79(53-41-67-23-13-7-14-24-67)83-58-84(88(100-92(96)72-49-37-64(4)38-50-72)60-87(83)99-91(95)71-47-35-63(3)36-48-71)80(54-42-68-25-15-8-16-26-68)76-30-18-29-75(56-76)78(82)52-40-66-21-11-6-12-22-66/h5-38,43-50,55-60,77-80H,39-42,51-54H2,1-4H3. The highest BCUT2D eigenvalue weighted by molar-refractivity contribution is 5.94. The molecule has 0 saturated carbocycles. The monoisotopic (exact) mass is 1310 g/mol. The van der Waals surface area contributed by atoms with E-state index < -0.39 is 47.5 Å². The van der Waals surface area contributed by atoms with Crippen molar-refractivity contribution in [2.24, 2.45) is 0 Å². The number of hydrogen-bond donors (Lipinski definition) is 0. The average Bonchev–Trinajstić information content (AvgIpc) is 0.762. The summed E-state index contributed by atoms with van der Waals surface area (Å²) in [7, 11) is 0. The Morgan fingerprint density at radius 3 is 0.660 bits per heavy atom. The zero-order valence-electron chi connectivity index (χ0n) is 56.9. The Morgan fingerprint density at radius 2 is 0.450 bits per heavy atom. The second-order valence-corrected chi connectivity index (χ2v) is 26.5. The van der Waals surface area contributed by atoms with Crippen molar-refractivity contribution in [2.75, 3.05) is 0 Å². The fourth-order valence-corrected chi connectivity index (χ4v) is 13.8. The van der Waals surface area contributed by atoms with Gasteiger partial charge >= 0.3 is 23.9 Å². The number of ether oxygens (including phenoxy) is 4. The van der Waals surface area contributed by atoms with Gasteiger partial charge in [-0.25, -0.2) is 19.2 Å². The van der Waals surface area contributed by atoms with Crippen LogP contribution in [-0.4, -0.2) is 23.9 Å². The number of esters is 4. The lowest BCUT2D eigenvalue weighted by atomic mass is 9.76. The normalized spacial score (nSPS) is 14.7. The van der Waals surface area contributed by atoms with E-state index in [2.05, 4.69) is 158 Å². The average molecular weight is 1310 g/mol. The molecule has 0 saturated heterocycles. The van der Waals surface area contributed by atoms with Crippen molar-refractivity contribution in [2.45, 2.75) is 103 Å². The number of aryl methyl sites for hydroxylation is 8. The molecule has 0 amide bonds. The highest BCUT2D eigenvalue weighted by atomic mass is 16.6. The third-order valence-corrected chi connectivity index (χ3v) is 19.4. The van der Waals surface area contributed by atoms with Gasteiger partial charge in [-0.1, -0.05) is 241 Å². The van der Waals surface area contributed by atoms with Gasteiger partial charge in [-0.2, -0.15) is 0 Å². The van der Waals surface area contributed by atoms with Crippen LogP contribution in [0.25, 0.3) is 0 Å². The van der Waals surface area contributed by atoms with Crippen molar-refractivity contribution < 1.29 is 38.1 Å². The number of carbonyl (C=O) groups excluding carboxylic acids is 4. The lowest BCUT2D eigenvalue weighted by Crippen LogP contribution is -2.18. The fraction of sp³-hybridized carbons (Fsp3) is 0.174. The second kappa shape index (κ2) is 31.4. The van der Waals surface area contributed by atoms with E-state index in [4.69, 9.17) is 18.9 Å². The molecule has 0 N–H and O–H groups in total. The van der Waals surface area contributed by atoms with Crippen molar-refractivity contribution in [3.8, 4) is 23.0 Å². The van der Waals surface area contributed by atoms with Gasteiger partial charge in [-0.05, 0) is 184 Å². The van der Waals surface area contributed by atoms with Crippen molar-refractivity contribution in [1.29, 1.82) is 0 Å². The second-order valence-electron chi connectivity index (χ2n) is 26.5. The summed E-state index contributed by atoms with van der Waals surface area (Å²) in [6, 6.07) is 96.3. The van der Waals surface area contributed by atoms with E-state index in [9.17, 15) is 19.2 Å². The molecule has 1 aliphatic carbocycles. The third kappa shape index (κ3) is 16.4. The first kappa shape index (κ1) is 67.1. The van der Waals surface area contributed by atoms with E-state index in [1.807, 2.05) is 100 Å². The fourth-order valence-electron chi connectivity index (χ4n) is 13.8. The molecular weight excluding hydrogens is 1230 g/mol. The largest absolute Gasteiger partial charge is 0.422 e. The lowest BCUT2D eigenvalue weighted by molar-refractivity contribution is 0.0711. The summed E-state index contributed by atoms with van der Waals surface area (Å²) < 4.78 is 27.3. The van der Waals surface area contributed by atoms with E-state index in [-0.39, 0.29) is 23.0 Å². The summed E-state index contributed by atoms with van der Waals surface area (Å²) in [5.74, 6) is -3.02. The Bertz CT molecular complexity index is 4220. The maximum absolute atomic E-state index is 15.0. The first-order chi connectivity index (χ1) is 48.8. The third-order valence-electron chi connectivity index (χ3n) is 19.4. The minimum atomic E-state index is -0.560. The van der Waals surface area contributed by atoms with Crippen LogP contribution in [0, 0.1) is 27.7 Å². The molecule has 8 nitrogen and oxygen atoms in total. The molecular formula is C92H80O8. The van der Waals surface area contributed by atoms with Gasteiger partial charge in [-0.3, -0.25) is 0 Å². The van der Waals surface area contributed by atoms with E-state index in [0.29, 0.717) is 73.6 Å². The van der Waals surface area contributed by atoms with Crippen LogP contribution in [0.15, 0.2) is 291 Å². The summed E-state index contributed by atoms with van der Waals surface area (Å²) >= 11 is 0. The zero-order valence-corrected chi connectivity index (χ0v) is 56.9. The minimum Gasteiger partial charge on any atom is -0.422 e. The molecule has 8 bridgehead atoms. The van der Waals surface area contributed by atoms with Crippen LogP contribution in [0.3, 0.4) is 0 Å². The first-order valence-electron chi connectivity index (χ1n) is 34.7. The molecule has 8 heteroatoms. The zero-order chi connectivity index (χ0) is 68.9. The predicted molar refractivity (Wildman–Crippen MR) is 397 cm³/mol. The predicted octanol–water partition coefficient (Wildman–Crippen LogP) is 21.2. The SMILES string of the molecule is Cc1ccc(C(=O)Oc2cc(OC(=O)c3ccc(C)cc3)c3cc2C(CCc2ccccc2)c2cccc(c2)C(CCc2ccccc2)c2cc(c(OC(=O)c4ccc(C)cc4)cc2OC(=O)c2ccc(C)cc2)C(CCc2ccccc2)c2cccc(c2)C3CCc2ccccc2)cc1. The highest BCUT2D eigenvalue weighted by Crippen LogP contribution is 2.49. The van der Waals surface area contributed by atoms with E-state index in [1.54, 1.807) is 60.7 Å². The Balaban J connectivity index is 1.12. The van der Waals surface area contributed by atoms with Gasteiger partial charge in [0.2, 0.25) is 0 Å². The molecule has 0 radical (unpaired) electrons. The molecule has 1 aliphatic rings. The van der Waals surface area contributed by atoms with Crippen LogP contribution in [0.4, 0.5) is 0 Å². The molecule has 12 aromatic rings. The van der Waals surface area contributed by atoms with E-state index in [1.165, 1.54) is 0 Å². The van der Waals surface area contributed by atoms with Crippen LogP contribution in [0.1, 0.15) is 180 Å². The number of carbonyl (C=O) groups is 4. The quantitative estimate of drug-likeness (QED) is 0.0549. The molecule has 12 aromatic carbocycles.